The predicted molar refractivity (Wildman–Crippen MR) is 70.2 cm³/mol. The first-order valence-corrected chi connectivity index (χ1v) is 6.89. The van der Waals surface area contributed by atoms with Crippen molar-refractivity contribution in [3.63, 3.8) is 0 Å². The number of nitrogens with zero attached hydrogens (tertiary/aromatic N) is 2. The lowest BCUT2D eigenvalue weighted by molar-refractivity contribution is 0.0356. The minimum absolute atomic E-state index is 0.0629. The van der Waals surface area contributed by atoms with Crippen LogP contribution in [-0.2, 0) is 0 Å². The molecular formula is C11H20F2N3OP. The third-order valence-electron chi connectivity index (χ3n) is 3.32. The Hall–Kier alpha value is -0.710. The van der Waals surface area contributed by atoms with Gasteiger partial charge in [-0.2, -0.15) is 8.39 Å². The van der Waals surface area contributed by atoms with E-state index >= 15 is 0 Å². The Morgan fingerprint density at radius 2 is 2.17 bits per heavy atom. The Morgan fingerprint density at radius 1 is 1.56 bits per heavy atom. The first kappa shape index (κ1) is 15.3. The molecule has 0 amide bonds. The molecule has 3 unspecified atom stereocenters. The smallest absolute Gasteiger partial charge is 0.310 e. The normalized spacial score (nSPS) is 23.3. The van der Waals surface area contributed by atoms with Gasteiger partial charge < -0.3 is 15.3 Å². The van der Waals surface area contributed by atoms with E-state index in [1.54, 1.807) is 0 Å². The van der Waals surface area contributed by atoms with Crippen molar-refractivity contribution < 1.29 is 13.5 Å². The fourth-order valence-corrected chi connectivity index (χ4v) is 2.49. The van der Waals surface area contributed by atoms with Crippen LogP contribution in [0.5, 0.6) is 0 Å². The van der Waals surface area contributed by atoms with Crippen LogP contribution in [0.1, 0.15) is 6.92 Å². The van der Waals surface area contributed by atoms with E-state index in [9.17, 15) is 13.5 Å². The summed E-state index contributed by atoms with van der Waals surface area (Å²) in [4.78, 5) is 3.28. The summed E-state index contributed by atoms with van der Waals surface area (Å²) < 4.78 is 25.1. The SMILES string of the molecule is CNC1=CC=CC(C(C)N(C)C(O)P(F)F)N1C. The molecule has 2 N–H and O–H groups in total. The first-order chi connectivity index (χ1) is 8.40. The molecule has 1 heterocycles. The number of hydrogen-bond acceptors (Lipinski definition) is 4. The lowest BCUT2D eigenvalue weighted by Gasteiger charge is -2.40. The standard InChI is InChI=1S/C11H20F2N3OP/c1-8(15(3)11(17)18(12)13)9-6-5-7-10(14-2)16(9)4/h5-9,11,14,17H,1-4H3. The summed E-state index contributed by atoms with van der Waals surface area (Å²) >= 11 is 0. The van der Waals surface area contributed by atoms with Gasteiger partial charge in [0.1, 0.15) is 5.82 Å². The molecule has 18 heavy (non-hydrogen) atoms. The van der Waals surface area contributed by atoms with Crippen molar-refractivity contribution >= 4 is 8.54 Å². The van der Waals surface area contributed by atoms with E-state index in [1.165, 1.54) is 11.9 Å². The number of nitrogens with one attached hydrogen (secondary N) is 1. The van der Waals surface area contributed by atoms with E-state index < -0.39 is 14.5 Å². The second kappa shape index (κ2) is 6.45. The van der Waals surface area contributed by atoms with Crippen molar-refractivity contribution in [2.24, 2.45) is 0 Å². The van der Waals surface area contributed by atoms with Gasteiger partial charge >= 0.3 is 8.54 Å². The summed E-state index contributed by atoms with van der Waals surface area (Å²) in [5.41, 5.74) is 0. The number of aliphatic hydroxyl groups excluding tert-OH is 1. The van der Waals surface area contributed by atoms with E-state index in [4.69, 9.17) is 0 Å². The molecule has 1 aliphatic heterocycles. The lowest BCUT2D eigenvalue weighted by Crippen LogP contribution is -2.51. The third-order valence-corrected chi connectivity index (χ3v) is 4.03. The largest absolute Gasteiger partial charge is 0.375 e. The molecule has 0 aromatic rings. The van der Waals surface area contributed by atoms with Crippen LogP contribution in [0.25, 0.3) is 0 Å². The van der Waals surface area contributed by atoms with E-state index in [-0.39, 0.29) is 12.1 Å². The van der Waals surface area contributed by atoms with Gasteiger partial charge in [-0.25, -0.2) is 0 Å². The summed E-state index contributed by atoms with van der Waals surface area (Å²) in [5.74, 6) is -0.763. The lowest BCUT2D eigenvalue weighted by atomic mass is 10.0. The summed E-state index contributed by atoms with van der Waals surface area (Å²) in [7, 11) is 1.84. The van der Waals surface area contributed by atoms with Crippen molar-refractivity contribution in [2.45, 2.75) is 25.0 Å². The molecule has 0 saturated heterocycles. The van der Waals surface area contributed by atoms with Crippen molar-refractivity contribution in [3.05, 3.63) is 24.0 Å². The highest BCUT2D eigenvalue weighted by molar-refractivity contribution is 7.46. The zero-order valence-electron chi connectivity index (χ0n) is 11.0. The topological polar surface area (TPSA) is 38.7 Å². The molecular weight excluding hydrogens is 259 g/mol. The maximum atomic E-state index is 12.6. The van der Waals surface area contributed by atoms with Crippen LogP contribution in [0.3, 0.4) is 0 Å². The fraction of sp³-hybridized carbons (Fsp3) is 0.636. The van der Waals surface area contributed by atoms with Crippen molar-refractivity contribution in [3.8, 4) is 0 Å². The van der Waals surface area contributed by atoms with Gasteiger partial charge in [-0.15, -0.1) is 0 Å². The molecule has 0 aliphatic carbocycles. The molecule has 3 atom stereocenters. The second-order valence-corrected chi connectivity index (χ2v) is 5.28. The first-order valence-electron chi connectivity index (χ1n) is 5.70. The molecule has 4 nitrogen and oxygen atoms in total. The molecule has 0 fully saturated rings. The molecule has 0 saturated carbocycles. The number of hydrogen-bond donors (Lipinski definition) is 2. The Morgan fingerprint density at radius 3 is 2.67 bits per heavy atom. The van der Waals surface area contributed by atoms with Crippen LogP contribution in [0, 0.1) is 0 Å². The molecule has 104 valence electrons. The summed E-state index contributed by atoms with van der Waals surface area (Å²) in [5, 5.41) is 12.5. The number of aliphatic hydroxyl groups is 1. The predicted octanol–water partition coefficient (Wildman–Crippen LogP) is 1.76. The van der Waals surface area contributed by atoms with E-state index in [1.807, 2.05) is 44.1 Å². The molecule has 0 spiro atoms. The van der Waals surface area contributed by atoms with E-state index in [0.29, 0.717) is 0 Å². The summed E-state index contributed by atoms with van der Waals surface area (Å²) in [6.45, 7) is 1.83. The van der Waals surface area contributed by atoms with Gasteiger partial charge in [-0.1, -0.05) is 12.2 Å². The number of rotatable bonds is 5. The van der Waals surface area contributed by atoms with Crippen LogP contribution in [-0.4, -0.2) is 54.1 Å². The van der Waals surface area contributed by atoms with Gasteiger partial charge in [0.15, 0.2) is 5.97 Å². The van der Waals surface area contributed by atoms with Gasteiger partial charge in [-0.3, -0.25) is 4.90 Å². The van der Waals surface area contributed by atoms with Crippen molar-refractivity contribution in [1.29, 1.82) is 0 Å². The van der Waals surface area contributed by atoms with Gasteiger partial charge in [0.25, 0.3) is 0 Å². The van der Waals surface area contributed by atoms with E-state index in [2.05, 4.69) is 5.32 Å². The number of halogens is 2. The Balaban J connectivity index is 2.76. The highest BCUT2D eigenvalue weighted by atomic mass is 31.2. The zero-order valence-corrected chi connectivity index (χ0v) is 11.9. The van der Waals surface area contributed by atoms with Gasteiger partial charge in [0.2, 0.25) is 0 Å². The second-order valence-electron chi connectivity index (χ2n) is 4.30. The Kier molecular flexibility index (Phi) is 5.50. The van der Waals surface area contributed by atoms with E-state index in [0.717, 1.165) is 5.82 Å². The van der Waals surface area contributed by atoms with Crippen LogP contribution in [0.4, 0.5) is 8.39 Å². The Bertz CT molecular complexity index is 338. The maximum absolute atomic E-state index is 12.6. The highest BCUT2D eigenvalue weighted by Crippen LogP contribution is 2.44. The molecule has 7 heteroatoms. The average molecular weight is 279 g/mol. The third kappa shape index (κ3) is 3.19. The molecule has 0 radical (unpaired) electrons. The Labute approximate surface area is 108 Å². The van der Waals surface area contributed by atoms with Gasteiger partial charge in [0, 0.05) is 20.1 Å². The fourth-order valence-electron chi connectivity index (χ4n) is 2.00. The van der Waals surface area contributed by atoms with Crippen LogP contribution >= 0.6 is 8.54 Å². The number of likely N-dealkylation sites (N-methyl/N-ethyl adjacent to an activating group) is 2. The molecule has 1 rings (SSSR count). The summed E-state index contributed by atoms with van der Waals surface area (Å²) in [6.07, 6.45) is 5.74. The van der Waals surface area contributed by atoms with Crippen molar-refractivity contribution in [2.75, 3.05) is 21.1 Å². The monoisotopic (exact) mass is 279 g/mol. The molecule has 0 bridgehead atoms. The molecule has 0 aromatic heterocycles. The average Bonchev–Trinajstić information content (AvgIpc) is 2.36. The minimum Gasteiger partial charge on any atom is -0.375 e. The van der Waals surface area contributed by atoms with Crippen LogP contribution < -0.4 is 5.32 Å². The molecule has 0 aromatic carbocycles. The van der Waals surface area contributed by atoms with Crippen LogP contribution in [0.2, 0.25) is 0 Å². The van der Waals surface area contributed by atoms with Crippen molar-refractivity contribution in [1.82, 2.24) is 15.1 Å². The molecule has 1 aliphatic rings. The van der Waals surface area contributed by atoms with Gasteiger partial charge in [-0.05, 0) is 20.0 Å². The summed E-state index contributed by atoms with van der Waals surface area (Å²) in [6, 6.07) is -0.290. The number of allylic oxidation sites excluding steroid dienone is 2. The minimum atomic E-state index is -3.37. The van der Waals surface area contributed by atoms with Gasteiger partial charge in [0.05, 0.1) is 6.04 Å². The quantitative estimate of drug-likeness (QED) is 0.594. The van der Waals surface area contributed by atoms with Crippen LogP contribution in [0.15, 0.2) is 24.0 Å². The highest BCUT2D eigenvalue weighted by Gasteiger charge is 2.32. The zero-order chi connectivity index (χ0) is 13.9. The maximum Gasteiger partial charge on any atom is 0.310 e.